The van der Waals surface area contributed by atoms with Crippen LogP contribution in [0.4, 0.5) is 4.39 Å². The summed E-state index contributed by atoms with van der Waals surface area (Å²) in [4.78, 5) is -0.00343. The van der Waals surface area contributed by atoms with E-state index in [4.69, 9.17) is 5.73 Å². The van der Waals surface area contributed by atoms with Crippen LogP contribution < -0.4 is 5.73 Å². The summed E-state index contributed by atoms with van der Waals surface area (Å²) < 4.78 is 39.9. The third-order valence-corrected chi connectivity index (χ3v) is 5.74. The SMILES string of the molecule is CC1CN(S(=O)(=O)c2cc(F)ccc2CN)CC1C. The zero-order valence-electron chi connectivity index (χ0n) is 11.1. The molecule has 0 amide bonds. The highest BCUT2D eigenvalue weighted by atomic mass is 32.2. The van der Waals surface area contributed by atoms with Gasteiger partial charge in [0.15, 0.2) is 0 Å². The number of rotatable bonds is 3. The van der Waals surface area contributed by atoms with Gasteiger partial charge in [-0.05, 0) is 29.5 Å². The van der Waals surface area contributed by atoms with Crippen LogP contribution in [-0.4, -0.2) is 25.8 Å². The van der Waals surface area contributed by atoms with Crippen molar-refractivity contribution in [2.45, 2.75) is 25.3 Å². The average Bonchev–Trinajstić information content (AvgIpc) is 2.70. The molecule has 2 atom stereocenters. The minimum absolute atomic E-state index is 0.00343. The van der Waals surface area contributed by atoms with E-state index in [1.807, 2.05) is 13.8 Å². The topological polar surface area (TPSA) is 63.4 Å². The molecule has 106 valence electrons. The quantitative estimate of drug-likeness (QED) is 0.917. The van der Waals surface area contributed by atoms with Crippen molar-refractivity contribution in [2.24, 2.45) is 17.6 Å². The lowest BCUT2D eigenvalue weighted by atomic mass is 10.0. The lowest BCUT2D eigenvalue weighted by Crippen LogP contribution is -2.30. The average molecular weight is 286 g/mol. The molecule has 6 heteroatoms. The van der Waals surface area contributed by atoms with E-state index in [0.29, 0.717) is 30.5 Å². The van der Waals surface area contributed by atoms with E-state index in [2.05, 4.69) is 0 Å². The van der Waals surface area contributed by atoms with Crippen molar-refractivity contribution >= 4 is 10.0 Å². The Kier molecular flexibility index (Phi) is 3.94. The fourth-order valence-electron chi connectivity index (χ4n) is 2.35. The molecular weight excluding hydrogens is 267 g/mol. The molecule has 2 N–H and O–H groups in total. The van der Waals surface area contributed by atoms with Gasteiger partial charge < -0.3 is 5.73 Å². The maximum Gasteiger partial charge on any atom is 0.243 e. The van der Waals surface area contributed by atoms with Crippen LogP contribution in [0.5, 0.6) is 0 Å². The normalized spacial score (nSPS) is 24.8. The fourth-order valence-corrected chi connectivity index (χ4v) is 4.23. The van der Waals surface area contributed by atoms with Gasteiger partial charge in [0.05, 0.1) is 4.90 Å². The maximum absolute atomic E-state index is 13.3. The van der Waals surface area contributed by atoms with Crippen molar-refractivity contribution in [3.05, 3.63) is 29.6 Å². The van der Waals surface area contributed by atoms with Crippen LogP contribution in [0, 0.1) is 17.7 Å². The molecular formula is C13H19FN2O2S. The van der Waals surface area contributed by atoms with Gasteiger partial charge in [0.1, 0.15) is 5.82 Å². The maximum atomic E-state index is 13.3. The van der Waals surface area contributed by atoms with Crippen LogP contribution in [0.3, 0.4) is 0 Å². The second-order valence-corrected chi connectivity index (χ2v) is 7.14. The Balaban J connectivity index is 2.43. The van der Waals surface area contributed by atoms with Gasteiger partial charge in [0.25, 0.3) is 0 Å². The van der Waals surface area contributed by atoms with Crippen LogP contribution >= 0.6 is 0 Å². The Morgan fingerprint density at radius 1 is 1.32 bits per heavy atom. The second kappa shape index (κ2) is 5.19. The first kappa shape index (κ1) is 14.4. The largest absolute Gasteiger partial charge is 0.326 e. The second-order valence-electron chi connectivity index (χ2n) is 5.23. The summed E-state index contributed by atoms with van der Waals surface area (Å²) in [6.45, 7) is 5.08. The predicted molar refractivity (Wildman–Crippen MR) is 71.4 cm³/mol. The van der Waals surface area contributed by atoms with Gasteiger partial charge >= 0.3 is 0 Å². The molecule has 1 saturated heterocycles. The molecule has 1 heterocycles. The zero-order chi connectivity index (χ0) is 14.2. The Morgan fingerprint density at radius 3 is 2.42 bits per heavy atom. The number of nitrogens with zero attached hydrogens (tertiary/aromatic N) is 1. The molecule has 2 unspecified atom stereocenters. The van der Waals surface area contributed by atoms with E-state index in [-0.39, 0.29) is 11.4 Å². The van der Waals surface area contributed by atoms with E-state index in [0.717, 1.165) is 6.07 Å². The molecule has 1 aliphatic rings. The Bertz CT molecular complexity index is 564. The third kappa shape index (κ3) is 2.66. The summed E-state index contributed by atoms with van der Waals surface area (Å²) in [5, 5.41) is 0. The van der Waals surface area contributed by atoms with Gasteiger partial charge in [-0.2, -0.15) is 4.31 Å². The molecule has 0 aliphatic carbocycles. The zero-order valence-corrected chi connectivity index (χ0v) is 12.0. The number of hydrogen-bond acceptors (Lipinski definition) is 3. The summed E-state index contributed by atoms with van der Waals surface area (Å²) in [5.41, 5.74) is 6.00. The molecule has 19 heavy (non-hydrogen) atoms. The van der Waals surface area contributed by atoms with Crippen molar-refractivity contribution in [3.63, 3.8) is 0 Å². The minimum Gasteiger partial charge on any atom is -0.326 e. The fraction of sp³-hybridized carbons (Fsp3) is 0.538. The molecule has 4 nitrogen and oxygen atoms in total. The van der Waals surface area contributed by atoms with E-state index >= 15 is 0 Å². The highest BCUT2D eigenvalue weighted by Gasteiger charge is 2.35. The lowest BCUT2D eigenvalue weighted by Gasteiger charge is -2.18. The van der Waals surface area contributed by atoms with Gasteiger partial charge in [0.2, 0.25) is 10.0 Å². The lowest BCUT2D eigenvalue weighted by molar-refractivity contribution is 0.461. The summed E-state index contributed by atoms with van der Waals surface area (Å²) in [5.74, 6) is 0.0605. The van der Waals surface area contributed by atoms with Crippen molar-refractivity contribution in [1.82, 2.24) is 4.31 Å². The summed E-state index contributed by atoms with van der Waals surface area (Å²) in [6.07, 6.45) is 0. The Hall–Kier alpha value is -0.980. The number of halogens is 1. The van der Waals surface area contributed by atoms with Crippen LogP contribution in [0.1, 0.15) is 19.4 Å². The van der Waals surface area contributed by atoms with Crippen LogP contribution in [0.15, 0.2) is 23.1 Å². The van der Waals surface area contributed by atoms with Gasteiger partial charge in [-0.3, -0.25) is 0 Å². The number of hydrogen-bond donors (Lipinski definition) is 1. The molecule has 0 aromatic heterocycles. The molecule has 1 aliphatic heterocycles. The molecule has 1 aromatic rings. The van der Waals surface area contributed by atoms with E-state index in [1.165, 1.54) is 16.4 Å². The van der Waals surface area contributed by atoms with Crippen LogP contribution in [0.25, 0.3) is 0 Å². The first-order valence-electron chi connectivity index (χ1n) is 6.35. The Morgan fingerprint density at radius 2 is 1.89 bits per heavy atom. The van der Waals surface area contributed by atoms with E-state index in [1.54, 1.807) is 0 Å². The summed E-state index contributed by atoms with van der Waals surface area (Å²) in [7, 11) is -3.66. The predicted octanol–water partition coefficient (Wildman–Crippen LogP) is 1.56. The smallest absolute Gasteiger partial charge is 0.243 e. The van der Waals surface area contributed by atoms with Gasteiger partial charge in [-0.15, -0.1) is 0 Å². The monoisotopic (exact) mass is 286 g/mol. The molecule has 1 fully saturated rings. The number of sulfonamides is 1. The highest BCUT2D eigenvalue weighted by Crippen LogP contribution is 2.29. The molecule has 2 rings (SSSR count). The van der Waals surface area contributed by atoms with Crippen LogP contribution in [0.2, 0.25) is 0 Å². The molecule has 1 aromatic carbocycles. The minimum atomic E-state index is -3.66. The van der Waals surface area contributed by atoms with Gasteiger partial charge in [0, 0.05) is 19.6 Å². The van der Waals surface area contributed by atoms with Crippen molar-refractivity contribution in [1.29, 1.82) is 0 Å². The first-order chi connectivity index (χ1) is 8.86. The van der Waals surface area contributed by atoms with Gasteiger partial charge in [-0.25, -0.2) is 12.8 Å². The molecule has 0 radical (unpaired) electrons. The van der Waals surface area contributed by atoms with E-state index < -0.39 is 15.8 Å². The first-order valence-corrected chi connectivity index (χ1v) is 7.79. The van der Waals surface area contributed by atoms with Crippen molar-refractivity contribution < 1.29 is 12.8 Å². The van der Waals surface area contributed by atoms with Gasteiger partial charge in [-0.1, -0.05) is 19.9 Å². The Labute approximate surface area is 113 Å². The molecule has 0 saturated carbocycles. The molecule has 0 spiro atoms. The molecule has 0 bridgehead atoms. The highest BCUT2D eigenvalue weighted by molar-refractivity contribution is 7.89. The summed E-state index contributed by atoms with van der Waals surface area (Å²) >= 11 is 0. The van der Waals surface area contributed by atoms with Crippen molar-refractivity contribution in [3.8, 4) is 0 Å². The third-order valence-electron chi connectivity index (χ3n) is 3.82. The number of nitrogens with two attached hydrogens (primary N) is 1. The number of benzene rings is 1. The van der Waals surface area contributed by atoms with Crippen LogP contribution in [-0.2, 0) is 16.6 Å². The standard InChI is InChI=1S/C13H19FN2O2S/c1-9-7-16(8-10(9)2)19(17,18)13-5-12(14)4-3-11(13)6-15/h3-5,9-10H,6-8,15H2,1-2H3. The van der Waals surface area contributed by atoms with E-state index in [9.17, 15) is 12.8 Å². The van der Waals surface area contributed by atoms with Crippen molar-refractivity contribution in [2.75, 3.05) is 13.1 Å². The summed E-state index contributed by atoms with van der Waals surface area (Å²) in [6, 6.07) is 3.73.